The molecule has 0 spiro atoms. The topological polar surface area (TPSA) is 115 Å². The SMILES string of the molecule is CCCCCCCC/C=C/CCCCCCCCCC[N+](C(CC)C(=O)[O-])(C(CC)C(=O)O)C(CC)C(=O)O. The molecule has 0 aliphatic rings. The molecule has 0 aromatic rings. The van der Waals surface area contributed by atoms with Gasteiger partial charge in [0.25, 0.3) is 0 Å². The van der Waals surface area contributed by atoms with Crippen LogP contribution in [0.25, 0.3) is 0 Å². The van der Waals surface area contributed by atoms with Crippen LogP contribution in [0.3, 0.4) is 0 Å². The third-order valence-corrected chi connectivity index (χ3v) is 8.30. The molecule has 0 aromatic heterocycles. The summed E-state index contributed by atoms with van der Waals surface area (Å²) in [5.41, 5.74) is 0. The summed E-state index contributed by atoms with van der Waals surface area (Å²) in [6, 6.07) is -3.38. The third-order valence-electron chi connectivity index (χ3n) is 8.30. The van der Waals surface area contributed by atoms with Gasteiger partial charge in [-0.1, -0.05) is 104 Å². The number of unbranched alkanes of at least 4 members (excludes halogenated alkanes) is 14. The van der Waals surface area contributed by atoms with E-state index in [0.29, 0.717) is 6.42 Å². The van der Waals surface area contributed by atoms with E-state index in [2.05, 4.69) is 19.1 Å². The van der Waals surface area contributed by atoms with Gasteiger partial charge in [0.15, 0.2) is 12.1 Å². The Balaban J connectivity index is 4.60. The van der Waals surface area contributed by atoms with E-state index in [9.17, 15) is 29.7 Å². The highest BCUT2D eigenvalue weighted by atomic mass is 16.4. The fraction of sp³-hybridized carbons (Fsp3) is 0.844. The van der Waals surface area contributed by atoms with Gasteiger partial charge in [-0.25, -0.2) is 9.59 Å². The molecule has 3 atom stereocenters. The molecule has 0 saturated carbocycles. The molecule has 3 unspecified atom stereocenters. The van der Waals surface area contributed by atoms with Gasteiger partial charge >= 0.3 is 11.9 Å². The maximum Gasteiger partial charge on any atom is 0.362 e. The molecular weight excluding hydrogens is 494 g/mol. The van der Waals surface area contributed by atoms with Crippen LogP contribution in [0.1, 0.15) is 150 Å². The van der Waals surface area contributed by atoms with Crippen LogP contribution in [0.4, 0.5) is 0 Å². The molecular formula is C32H59NO6. The predicted octanol–water partition coefficient (Wildman–Crippen LogP) is 6.88. The van der Waals surface area contributed by atoms with Gasteiger partial charge in [-0.2, -0.15) is 0 Å². The average molecular weight is 554 g/mol. The van der Waals surface area contributed by atoms with Crippen molar-refractivity contribution in [3.8, 4) is 0 Å². The first kappa shape index (κ1) is 37.1. The molecule has 228 valence electrons. The Hall–Kier alpha value is -1.89. The molecule has 0 aromatic carbocycles. The number of carboxylic acid groups (broad SMARTS) is 3. The number of quaternary nitrogens is 1. The van der Waals surface area contributed by atoms with Gasteiger partial charge in [0.05, 0.1) is 12.5 Å². The zero-order chi connectivity index (χ0) is 29.5. The van der Waals surface area contributed by atoms with Gasteiger partial charge in [-0.3, -0.25) is 4.48 Å². The second-order valence-corrected chi connectivity index (χ2v) is 11.1. The van der Waals surface area contributed by atoms with Crippen molar-refractivity contribution in [2.45, 2.75) is 168 Å². The molecule has 0 saturated heterocycles. The van der Waals surface area contributed by atoms with Crippen molar-refractivity contribution in [3.63, 3.8) is 0 Å². The van der Waals surface area contributed by atoms with Crippen molar-refractivity contribution in [2.24, 2.45) is 0 Å². The molecule has 0 fully saturated rings. The standard InChI is InChI=1S/C32H59NO6/c1-5-9-10-11-12-13-14-15-16-17-18-19-20-21-22-23-24-25-26-33(27(6-2)30(34)35,28(7-3)31(36)37)29(8-4)32(38)39/h15-16,27-29H,5-14,17-26H2,1-4H3,(H2-,34,35,36,37,38,39)/b16-15+. The molecule has 0 radical (unpaired) electrons. The van der Waals surface area contributed by atoms with Gasteiger partial charge in [0, 0.05) is 19.3 Å². The summed E-state index contributed by atoms with van der Waals surface area (Å²) in [5, 5.41) is 32.1. The van der Waals surface area contributed by atoms with Crippen LogP contribution < -0.4 is 5.11 Å². The van der Waals surface area contributed by atoms with Crippen molar-refractivity contribution in [2.75, 3.05) is 6.54 Å². The quantitative estimate of drug-likeness (QED) is 0.0651. The minimum absolute atomic E-state index is 0.129. The molecule has 0 heterocycles. The summed E-state index contributed by atoms with van der Waals surface area (Å²) in [6.45, 7) is 7.51. The highest BCUT2D eigenvalue weighted by molar-refractivity contribution is 5.77. The Morgan fingerprint density at radius 1 is 0.590 bits per heavy atom. The van der Waals surface area contributed by atoms with E-state index in [1.807, 2.05) is 0 Å². The van der Waals surface area contributed by atoms with Crippen LogP contribution in [0.5, 0.6) is 0 Å². The van der Waals surface area contributed by atoms with E-state index in [4.69, 9.17) is 0 Å². The summed E-state index contributed by atoms with van der Waals surface area (Å²) >= 11 is 0. The molecule has 0 bridgehead atoms. The summed E-state index contributed by atoms with van der Waals surface area (Å²) in [5.74, 6) is -3.66. The maximum absolute atomic E-state index is 12.2. The van der Waals surface area contributed by atoms with Gasteiger partial charge < -0.3 is 20.1 Å². The van der Waals surface area contributed by atoms with E-state index in [1.54, 1.807) is 20.8 Å². The molecule has 39 heavy (non-hydrogen) atoms. The van der Waals surface area contributed by atoms with Crippen LogP contribution in [0.15, 0.2) is 12.2 Å². The monoisotopic (exact) mass is 553 g/mol. The number of rotatable bonds is 27. The number of aliphatic carboxylic acids is 3. The van der Waals surface area contributed by atoms with E-state index in [1.165, 1.54) is 64.2 Å². The fourth-order valence-corrected chi connectivity index (χ4v) is 6.25. The van der Waals surface area contributed by atoms with Crippen LogP contribution in [-0.2, 0) is 14.4 Å². The lowest BCUT2D eigenvalue weighted by atomic mass is 9.93. The Kier molecular flexibility index (Phi) is 21.8. The highest BCUT2D eigenvalue weighted by Crippen LogP contribution is 2.32. The summed E-state index contributed by atoms with van der Waals surface area (Å²) in [6.07, 6.45) is 23.8. The molecule has 0 aliphatic carbocycles. The number of hydrogen-bond donors (Lipinski definition) is 2. The highest BCUT2D eigenvalue weighted by Gasteiger charge is 2.53. The minimum Gasteiger partial charge on any atom is -0.544 e. The first-order valence-corrected chi connectivity index (χ1v) is 15.9. The van der Waals surface area contributed by atoms with Crippen LogP contribution in [0, 0.1) is 0 Å². The zero-order valence-electron chi connectivity index (χ0n) is 25.5. The first-order chi connectivity index (χ1) is 18.7. The van der Waals surface area contributed by atoms with Crippen molar-refractivity contribution in [1.82, 2.24) is 0 Å². The molecule has 0 amide bonds. The van der Waals surface area contributed by atoms with Crippen molar-refractivity contribution in [3.05, 3.63) is 12.2 Å². The van der Waals surface area contributed by atoms with E-state index in [0.717, 1.165) is 32.1 Å². The lowest BCUT2D eigenvalue weighted by Crippen LogP contribution is -2.73. The predicted molar refractivity (Wildman–Crippen MR) is 156 cm³/mol. The molecule has 0 aliphatic heterocycles. The summed E-state index contributed by atoms with van der Waals surface area (Å²) in [7, 11) is 0. The van der Waals surface area contributed by atoms with E-state index < -0.39 is 40.5 Å². The number of carboxylic acids is 3. The normalized spacial score (nSPS) is 15.6. The van der Waals surface area contributed by atoms with Gasteiger partial charge in [0.1, 0.15) is 6.04 Å². The smallest absolute Gasteiger partial charge is 0.362 e. The van der Waals surface area contributed by atoms with Crippen LogP contribution >= 0.6 is 0 Å². The first-order valence-electron chi connectivity index (χ1n) is 15.9. The molecule has 0 rings (SSSR count). The second-order valence-electron chi connectivity index (χ2n) is 11.1. The number of carbonyl (C=O) groups excluding carboxylic acids is 1. The van der Waals surface area contributed by atoms with Crippen LogP contribution in [0.2, 0.25) is 0 Å². The van der Waals surface area contributed by atoms with Crippen molar-refractivity contribution in [1.29, 1.82) is 0 Å². The fourth-order valence-electron chi connectivity index (χ4n) is 6.25. The Morgan fingerprint density at radius 2 is 0.949 bits per heavy atom. The zero-order valence-corrected chi connectivity index (χ0v) is 25.5. The minimum atomic E-state index is -1.37. The molecule has 2 N–H and O–H groups in total. The number of nitrogens with zero attached hydrogens (tertiary/aromatic N) is 1. The van der Waals surface area contributed by atoms with Crippen molar-refractivity contribution < 1.29 is 34.2 Å². The Bertz CT molecular complexity index is 637. The summed E-state index contributed by atoms with van der Waals surface area (Å²) < 4.78 is -0.469. The van der Waals surface area contributed by atoms with Gasteiger partial charge in [0.2, 0.25) is 0 Å². The Labute approximate surface area is 238 Å². The Morgan fingerprint density at radius 3 is 1.28 bits per heavy atom. The average Bonchev–Trinajstić information content (AvgIpc) is 2.88. The third kappa shape index (κ3) is 13.8. The number of allylic oxidation sites excluding steroid dienone is 2. The molecule has 7 heteroatoms. The van der Waals surface area contributed by atoms with E-state index >= 15 is 0 Å². The number of carbonyl (C=O) groups is 3. The number of hydrogen-bond acceptors (Lipinski definition) is 4. The summed E-state index contributed by atoms with van der Waals surface area (Å²) in [4.78, 5) is 36.6. The molecule has 7 nitrogen and oxygen atoms in total. The van der Waals surface area contributed by atoms with Crippen LogP contribution in [-0.4, -0.2) is 57.3 Å². The van der Waals surface area contributed by atoms with Gasteiger partial charge in [-0.05, 0) is 38.5 Å². The lowest BCUT2D eigenvalue weighted by molar-refractivity contribution is -0.974. The maximum atomic E-state index is 12.2. The lowest BCUT2D eigenvalue weighted by Gasteiger charge is -2.51. The van der Waals surface area contributed by atoms with Gasteiger partial charge in [-0.15, -0.1) is 0 Å². The van der Waals surface area contributed by atoms with E-state index in [-0.39, 0.29) is 25.8 Å². The largest absolute Gasteiger partial charge is 0.544 e. The van der Waals surface area contributed by atoms with Crippen molar-refractivity contribution >= 4 is 17.9 Å². The second kappa shape index (κ2) is 22.9.